The van der Waals surface area contributed by atoms with Gasteiger partial charge >= 0.3 is 0 Å². The van der Waals surface area contributed by atoms with Gasteiger partial charge in [-0.3, -0.25) is 5.43 Å². The maximum Gasteiger partial charge on any atom is 0.258 e. The van der Waals surface area contributed by atoms with Crippen molar-refractivity contribution in [3.8, 4) is 5.95 Å². The molecule has 0 aliphatic rings. The average molecular weight is 285 g/mol. The number of nitrogens with one attached hydrogen (secondary N) is 2. The zero-order valence-corrected chi connectivity index (χ0v) is 10.7. The summed E-state index contributed by atoms with van der Waals surface area (Å²) in [5.74, 6) is 6.19. The molecule has 0 bridgehead atoms. The van der Waals surface area contributed by atoms with Crippen LogP contribution in [-0.4, -0.2) is 39.7 Å². The molecule has 21 heavy (non-hydrogen) atoms. The molecule has 4 N–H and O–H groups in total. The van der Waals surface area contributed by atoms with Crippen LogP contribution in [0.2, 0.25) is 0 Å². The number of hydrazine groups is 1. The molecule has 11 nitrogen and oxygen atoms in total. The normalized spacial score (nSPS) is 10.3. The SMILES string of the molecule is NNc1nc(NCc2ccncn2)nc(-n2cncn2)n1. The Labute approximate surface area is 118 Å². The highest BCUT2D eigenvalue weighted by molar-refractivity contribution is 5.37. The summed E-state index contributed by atoms with van der Waals surface area (Å²) in [6.45, 7) is 0.438. The molecule has 3 heterocycles. The van der Waals surface area contributed by atoms with Gasteiger partial charge in [-0.25, -0.2) is 20.8 Å². The van der Waals surface area contributed by atoms with E-state index in [2.05, 4.69) is 45.7 Å². The molecular weight excluding hydrogens is 274 g/mol. The summed E-state index contributed by atoms with van der Waals surface area (Å²) in [6.07, 6.45) is 5.99. The van der Waals surface area contributed by atoms with E-state index < -0.39 is 0 Å². The van der Waals surface area contributed by atoms with Gasteiger partial charge in [0.1, 0.15) is 19.0 Å². The zero-order chi connectivity index (χ0) is 14.5. The van der Waals surface area contributed by atoms with E-state index in [0.29, 0.717) is 18.4 Å². The van der Waals surface area contributed by atoms with E-state index in [1.165, 1.54) is 23.7 Å². The van der Waals surface area contributed by atoms with E-state index in [-0.39, 0.29) is 5.95 Å². The number of nitrogens with two attached hydrogens (primary N) is 1. The lowest BCUT2D eigenvalue weighted by Crippen LogP contribution is -2.16. The van der Waals surface area contributed by atoms with E-state index in [1.54, 1.807) is 12.3 Å². The number of hydrogen-bond acceptors (Lipinski definition) is 10. The van der Waals surface area contributed by atoms with Crippen LogP contribution in [0.1, 0.15) is 5.69 Å². The summed E-state index contributed by atoms with van der Waals surface area (Å²) >= 11 is 0. The van der Waals surface area contributed by atoms with Crippen LogP contribution in [0.25, 0.3) is 5.95 Å². The van der Waals surface area contributed by atoms with Crippen molar-refractivity contribution in [3.05, 3.63) is 36.9 Å². The van der Waals surface area contributed by atoms with Crippen molar-refractivity contribution in [2.45, 2.75) is 6.54 Å². The molecule has 0 fully saturated rings. The van der Waals surface area contributed by atoms with Crippen LogP contribution < -0.4 is 16.6 Å². The first-order valence-corrected chi connectivity index (χ1v) is 5.91. The second-order valence-corrected chi connectivity index (χ2v) is 3.82. The van der Waals surface area contributed by atoms with Crippen LogP contribution >= 0.6 is 0 Å². The van der Waals surface area contributed by atoms with Gasteiger partial charge in [-0.05, 0) is 6.07 Å². The molecule has 3 aromatic heterocycles. The first-order valence-electron chi connectivity index (χ1n) is 5.91. The smallest absolute Gasteiger partial charge is 0.258 e. The molecule has 0 amide bonds. The van der Waals surface area contributed by atoms with Crippen LogP contribution in [0, 0.1) is 0 Å². The third kappa shape index (κ3) is 3.03. The van der Waals surface area contributed by atoms with Crippen LogP contribution in [0.15, 0.2) is 31.2 Å². The van der Waals surface area contributed by atoms with Crippen molar-refractivity contribution < 1.29 is 0 Å². The van der Waals surface area contributed by atoms with Crippen LogP contribution in [-0.2, 0) is 6.54 Å². The summed E-state index contributed by atoms with van der Waals surface area (Å²) < 4.78 is 1.40. The molecule has 11 heteroatoms. The van der Waals surface area contributed by atoms with Gasteiger partial charge < -0.3 is 5.32 Å². The molecule has 0 radical (unpaired) electrons. The van der Waals surface area contributed by atoms with Crippen molar-refractivity contribution >= 4 is 11.9 Å². The van der Waals surface area contributed by atoms with E-state index in [9.17, 15) is 0 Å². The third-order valence-electron chi connectivity index (χ3n) is 2.45. The fraction of sp³-hybridized carbons (Fsp3) is 0.100. The Bertz CT molecular complexity index is 696. The Morgan fingerprint density at radius 3 is 2.71 bits per heavy atom. The Hall–Kier alpha value is -3.21. The molecule has 0 saturated carbocycles. The van der Waals surface area contributed by atoms with Gasteiger partial charge in [0, 0.05) is 6.20 Å². The van der Waals surface area contributed by atoms with Crippen molar-refractivity contribution in [2.75, 3.05) is 10.7 Å². The molecule has 0 atom stereocenters. The summed E-state index contributed by atoms with van der Waals surface area (Å²) in [5, 5.41) is 6.99. The Morgan fingerprint density at radius 1 is 1.10 bits per heavy atom. The third-order valence-corrected chi connectivity index (χ3v) is 2.45. The molecule has 106 valence electrons. The monoisotopic (exact) mass is 285 g/mol. The van der Waals surface area contributed by atoms with Crippen LogP contribution in [0.5, 0.6) is 0 Å². The average Bonchev–Trinajstić information content (AvgIpc) is 3.08. The fourth-order valence-electron chi connectivity index (χ4n) is 1.51. The maximum atomic E-state index is 5.35. The second kappa shape index (κ2) is 5.83. The van der Waals surface area contributed by atoms with Gasteiger partial charge in [0.05, 0.1) is 12.2 Å². The number of rotatable bonds is 5. The van der Waals surface area contributed by atoms with E-state index in [1.807, 2.05) is 0 Å². The zero-order valence-electron chi connectivity index (χ0n) is 10.7. The minimum absolute atomic E-state index is 0.209. The van der Waals surface area contributed by atoms with Gasteiger partial charge in [0.25, 0.3) is 5.95 Å². The summed E-state index contributed by atoms with van der Waals surface area (Å²) in [6, 6.07) is 1.79. The van der Waals surface area contributed by atoms with Gasteiger partial charge in [0.2, 0.25) is 11.9 Å². The molecule has 0 spiro atoms. The molecule has 0 aromatic carbocycles. The van der Waals surface area contributed by atoms with Crippen LogP contribution in [0.3, 0.4) is 0 Å². The first kappa shape index (κ1) is 12.8. The summed E-state index contributed by atoms with van der Waals surface area (Å²) in [7, 11) is 0. The van der Waals surface area contributed by atoms with Gasteiger partial charge in [-0.15, -0.1) is 0 Å². The Morgan fingerprint density at radius 2 is 2.00 bits per heavy atom. The summed E-state index contributed by atoms with van der Waals surface area (Å²) in [5.41, 5.74) is 3.18. The molecule has 0 aliphatic heterocycles. The van der Waals surface area contributed by atoms with E-state index >= 15 is 0 Å². The fourth-order valence-corrected chi connectivity index (χ4v) is 1.51. The second-order valence-electron chi connectivity index (χ2n) is 3.82. The van der Waals surface area contributed by atoms with Gasteiger partial charge in [-0.1, -0.05) is 0 Å². The largest absolute Gasteiger partial charge is 0.348 e. The topological polar surface area (TPSA) is 145 Å². The highest BCUT2D eigenvalue weighted by Gasteiger charge is 2.08. The predicted octanol–water partition coefficient (Wildman–Crippen LogP) is -0.860. The molecular formula is C10H11N11. The first-order chi connectivity index (χ1) is 10.3. The van der Waals surface area contributed by atoms with Crippen molar-refractivity contribution in [3.63, 3.8) is 0 Å². The number of anilines is 2. The highest BCUT2D eigenvalue weighted by Crippen LogP contribution is 2.08. The van der Waals surface area contributed by atoms with Crippen molar-refractivity contribution in [1.82, 2.24) is 39.7 Å². The predicted molar refractivity (Wildman–Crippen MR) is 71.9 cm³/mol. The number of aromatic nitrogens is 8. The molecule has 3 aromatic rings. The lowest BCUT2D eigenvalue weighted by molar-refractivity contribution is 0.793. The van der Waals surface area contributed by atoms with E-state index in [4.69, 9.17) is 5.84 Å². The van der Waals surface area contributed by atoms with E-state index in [0.717, 1.165) is 5.69 Å². The molecule has 0 aliphatic carbocycles. The molecule has 0 saturated heterocycles. The molecule has 3 rings (SSSR count). The number of nitrogens with zero attached hydrogens (tertiary/aromatic N) is 8. The number of hydrogen-bond donors (Lipinski definition) is 3. The van der Waals surface area contributed by atoms with Crippen molar-refractivity contribution in [1.29, 1.82) is 0 Å². The molecule has 0 unspecified atom stereocenters. The maximum absolute atomic E-state index is 5.35. The quantitative estimate of drug-likeness (QED) is 0.399. The highest BCUT2D eigenvalue weighted by atomic mass is 15.4. The van der Waals surface area contributed by atoms with Gasteiger partial charge in [0.15, 0.2) is 0 Å². The lowest BCUT2D eigenvalue weighted by Gasteiger charge is -2.07. The van der Waals surface area contributed by atoms with Crippen LogP contribution in [0.4, 0.5) is 11.9 Å². The number of nitrogen functional groups attached to an aromatic ring is 1. The summed E-state index contributed by atoms with van der Waals surface area (Å²) in [4.78, 5) is 24.2. The minimum atomic E-state index is 0.209. The Balaban J connectivity index is 1.83. The van der Waals surface area contributed by atoms with Crippen molar-refractivity contribution in [2.24, 2.45) is 5.84 Å². The standard InChI is InChI=1S/C10H11N11/c11-20-9-17-8(14-3-7-1-2-12-4-15-7)18-10(19-9)21-6-13-5-16-21/h1-2,4-6H,3,11H2,(H2,14,17,18,19,20). The lowest BCUT2D eigenvalue weighted by atomic mass is 10.4. The Kier molecular flexibility index (Phi) is 3.56. The minimum Gasteiger partial charge on any atom is -0.348 e. The van der Waals surface area contributed by atoms with Gasteiger partial charge in [-0.2, -0.15) is 24.7 Å².